The van der Waals surface area contributed by atoms with Crippen LogP contribution in [-0.4, -0.2) is 67.3 Å². The summed E-state index contributed by atoms with van der Waals surface area (Å²) in [4.78, 5) is 53.3. The Bertz CT molecular complexity index is 1140. The monoisotopic (exact) mass is 470 g/mol. The van der Waals surface area contributed by atoms with Crippen LogP contribution < -0.4 is 5.56 Å². The van der Waals surface area contributed by atoms with E-state index in [0.717, 1.165) is 4.47 Å². The smallest absolute Gasteiger partial charge is 0.274 e. The first kappa shape index (κ1) is 20.1. The van der Waals surface area contributed by atoms with E-state index in [1.54, 1.807) is 21.9 Å². The number of carbonyl (C=O) groups excluding carboxylic acids is 2. The van der Waals surface area contributed by atoms with Gasteiger partial charge in [0.2, 0.25) is 5.91 Å². The van der Waals surface area contributed by atoms with Gasteiger partial charge in [0.1, 0.15) is 5.69 Å². The van der Waals surface area contributed by atoms with E-state index in [1.165, 1.54) is 29.5 Å². The van der Waals surface area contributed by atoms with Gasteiger partial charge in [0.25, 0.3) is 11.5 Å². The molecule has 1 aliphatic heterocycles. The number of benzene rings is 1. The Morgan fingerprint density at radius 3 is 2.53 bits per heavy atom. The van der Waals surface area contributed by atoms with Crippen LogP contribution >= 0.6 is 15.9 Å². The van der Waals surface area contributed by atoms with Gasteiger partial charge in [-0.25, -0.2) is 9.97 Å². The molecule has 1 saturated heterocycles. The summed E-state index contributed by atoms with van der Waals surface area (Å²) in [6, 6.07) is 5.34. The molecule has 9 nitrogen and oxygen atoms in total. The molecule has 0 aliphatic carbocycles. The Morgan fingerprint density at radius 2 is 1.80 bits per heavy atom. The van der Waals surface area contributed by atoms with E-state index in [9.17, 15) is 14.4 Å². The first-order valence-corrected chi connectivity index (χ1v) is 10.3. The number of hydrogen-bond donors (Lipinski definition) is 0. The van der Waals surface area contributed by atoms with Crippen LogP contribution in [0.3, 0.4) is 0 Å². The minimum absolute atomic E-state index is 0.0529. The zero-order chi connectivity index (χ0) is 21.1. The molecule has 154 valence electrons. The Hall–Kier alpha value is -3.14. The van der Waals surface area contributed by atoms with Crippen LogP contribution in [0.4, 0.5) is 0 Å². The number of piperazine rings is 1. The summed E-state index contributed by atoms with van der Waals surface area (Å²) >= 11 is 3.36. The molecule has 2 amide bonds. The lowest BCUT2D eigenvalue weighted by atomic mass is 10.2. The maximum atomic E-state index is 12.6. The van der Waals surface area contributed by atoms with E-state index >= 15 is 0 Å². The number of hydrogen-bond acceptors (Lipinski definition) is 6. The number of halogens is 1. The van der Waals surface area contributed by atoms with E-state index in [0.29, 0.717) is 42.8 Å². The van der Waals surface area contributed by atoms with Gasteiger partial charge in [0.15, 0.2) is 0 Å². The van der Waals surface area contributed by atoms with Crippen molar-refractivity contribution in [2.45, 2.75) is 13.0 Å². The van der Waals surface area contributed by atoms with Gasteiger partial charge < -0.3 is 9.80 Å². The Kier molecular flexibility index (Phi) is 5.84. The Labute approximate surface area is 180 Å². The maximum absolute atomic E-state index is 12.6. The van der Waals surface area contributed by atoms with Crippen molar-refractivity contribution in [3.63, 3.8) is 0 Å². The molecule has 0 spiro atoms. The number of aromatic nitrogens is 4. The molecule has 1 aliphatic rings. The zero-order valence-corrected chi connectivity index (χ0v) is 17.7. The average molecular weight is 471 g/mol. The van der Waals surface area contributed by atoms with Crippen LogP contribution in [0.1, 0.15) is 16.9 Å². The van der Waals surface area contributed by atoms with Crippen LogP contribution in [0.2, 0.25) is 0 Å². The van der Waals surface area contributed by atoms with Crippen LogP contribution in [-0.2, 0) is 11.3 Å². The van der Waals surface area contributed by atoms with Crippen LogP contribution in [0, 0.1) is 0 Å². The molecule has 1 fully saturated rings. The molecule has 3 heterocycles. The van der Waals surface area contributed by atoms with E-state index < -0.39 is 0 Å². The van der Waals surface area contributed by atoms with Crippen LogP contribution in [0.5, 0.6) is 0 Å². The molecule has 0 unspecified atom stereocenters. The summed E-state index contributed by atoms with van der Waals surface area (Å²) in [5.74, 6) is -0.238. The fourth-order valence-electron chi connectivity index (χ4n) is 3.40. The zero-order valence-electron chi connectivity index (χ0n) is 16.1. The molecule has 0 bridgehead atoms. The van der Waals surface area contributed by atoms with E-state index in [4.69, 9.17) is 0 Å². The fraction of sp³-hybridized carbons (Fsp3) is 0.300. The van der Waals surface area contributed by atoms with Crippen molar-refractivity contribution in [2.75, 3.05) is 26.2 Å². The van der Waals surface area contributed by atoms with Crippen molar-refractivity contribution >= 4 is 38.6 Å². The summed E-state index contributed by atoms with van der Waals surface area (Å²) in [5, 5.41) is 0.510. The molecule has 0 N–H and O–H groups in total. The molecule has 4 rings (SSSR count). The maximum Gasteiger partial charge on any atom is 0.274 e. The van der Waals surface area contributed by atoms with Crippen LogP contribution in [0.25, 0.3) is 10.9 Å². The standard InChI is InChI=1S/C20H19BrN6O3/c21-14-1-2-16-15(11-14)19(29)27(13-24-16)6-3-18(28)25-7-9-26(10-8-25)20(30)17-12-22-4-5-23-17/h1-2,4-5,11-13H,3,6-10H2. The van der Waals surface area contributed by atoms with E-state index in [-0.39, 0.29) is 30.3 Å². The van der Waals surface area contributed by atoms with Gasteiger partial charge in [-0.3, -0.25) is 23.9 Å². The van der Waals surface area contributed by atoms with Gasteiger partial charge in [-0.05, 0) is 18.2 Å². The van der Waals surface area contributed by atoms with Crippen molar-refractivity contribution in [3.05, 3.63) is 63.6 Å². The van der Waals surface area contributed by atoms with Gasteiger partial charge in [0, 0.05) is 56.0 Å². The lowest BCUT2D eigenvalue weighted by Gasteiger charge is -2.34. The minimum atomic E-state index is -0.185. The summed E-state index contributed by atoms with van der Waals surface area (Å²) in [6.45, 7) is 2.02. The first-order chi connectivity index (χ1) is 14.5. The molecule has 1 aromatic carbocycles. The molecule has 0 radical (unpaired) electrons. The van der Waals surface area contributed by atoms with Gasteiger partial charge in [0.05, 0.1) is 23.4 Å². The van der Waals surface area contributed by atoms with Crippen molar-refractivity contribution in [1.82, 2.24) is 29.3 Å². The minimum Gasteiger partial charge on any atom is -0.339 e. The third-order valence-electron chi connectivity index (χ3n) is 5.05. The Morgan fingerprint density at radius 1 is 1.03 bits per heavy atom. The molecular weight excluding hydrogens is 452 g/mol. The first-order valence-electron chi connectivity index (χ1n) is 9.51. The third-order valence-corrected chi connectivity index (χ3v) is 5.55. The topological polar surface area (TPSA) is 101 Å². The lowest BCUT2D eigenvalue weighted by molar-refractivity contribution is -0.132. The molecular formula is C20H19BrN6O3. The summed E-state index contributed by atoms with van der Waals surface area (Å²) in [6.07, 6.45) is 6.11. The summed E-state index contributed by atoms with van der Waals surface area (Å²) in [7, 11) is 0. The highest BCUT2D eigenvalue weighted by Gasteiger charge is 2.25. The number of rotatable bonds is 4. The predicted molar refractivity (Wildman–Crippen MR) is 113 cm³/mol. The van der Waals surface area contributed by atoms with Gasteiger partial charge in [-0.15, -0.1) is 0 Å². The molecule has 0 atom stereocenters. The highest BCUT2D eigenvalue weighted by atomic mass is 79.9. The number of carbonyl (C=O) groups is 2. The summed E-state index contributed by atoms with van der Waals surface area (Å²) in [5.41, 5.74) is 0.746. The Balaban J connectivity index is 1.34. The number of nitrogens with zero attached hydrogens (tertiary/aromatic N) is 6. The van der Waals surface area contributed by atoms with Crippen LogP contribution in [0.15, 0.2) is 52.4 Å². The second kappa shape index (κ2) is 8.70. The molecule has 0 saturated carbocycles. The fourth-order valence-corrected chi connectivity index (χ4v) is 3.76. The third kappa shape index (κ3) is 4.23. The van der Waals surface area contributed by atoms with Gasteiger partial charge >= 0.3 is 0 Å². The van der Waals surface area contributed by atoms with Gasteiger partial charge in [-0.1, -0.05) is 15.9 Å². The number of amides is 2. The average Bonchev–Trinajstić information content (AvgIpc) is 2.79. The van der Waals surface area contributed by atoms with Crippen molar-refractivity contribution in [2.24, 2.45) is 0 Å². The van der Waals surface area contributed by atoms with Crippen molar-refractivity contribution in [1.29, 1.82) is 0 Å². The highest BCUT2D eigenvalue weighted by Crippen LogP contribution is 2.15. The quantitative estimate of drug-likeness (QED) is 0.569. The second-order valence-electron chi connectivity index (χ2n) is 6.92. The normalized spacial score (nSPS) is 14.2. The summed E-state index contributed by atoms with van der Waals surface area (Å²) < 4.78 is 2.26. The molecule has 3 aromatic rings. The second-order valence-corrected chi connectivity index (χ2v) is 7.83. The largest absolute Gasteiger partial charge is 0.339 e. The van der Waals surface area contributed by atoms with E-state index in [2.05, 4.69) is 30.9 Å². The number of aryl methyl sites for hydroxylation is 1. The predicted octanol–water partition coefficient (Wildman–Crippen LogP) is 1.32. The highest BCUT2D eigenvalue weighted by molar-refractivity contribution is 9.10. The SMILES string of the molecule is O=C(CCn1cnc2ccc(Br)cc2c1=O)N1CCN(C(=O)c2cnccn2)CC1. The molecule has 30 heavy (non-hydrogen) atoms. The molecule has 10 heteroatoms. The van der Waals surface area contributed by atoms with E-state index in [1.807, 2.05) is 6.07 Å². The lowest BCUT2D eigenvalue weighted by Crippen LogP contribution is -2.50. The number of fused-ring (bicyclic) bond motifs is 1. The molecule has 2 aromatic heterocycles. The van der Waals surface area contributed by atoms with Gasteiger partial charge in [-0.2, -0.15) is 0 Å². The van der Waals surface area contributed by atoms with Crippen molar-refractivity contribution in [3.8, 4) is 0 Å². The van der Waals surface area contributed by atoms with Crippen molar-refractivity contribution < 1.29 is 9.59 Å².